The maximum Gasteiger partial charge on any atom is 0.238 e. The van der Waals surface area contributed by atoms with Crippen LogP contribution in [-0.2, 0) is 26.0 Å². The van der Waals surface area contributed by atoms with E-state index in [1.165, 1.54) is 12.1 Å². The number of sulfonamides is 1. The Labute approximate surface area is 166 Å². The van der Waals surface area contributed by atoms with Gasteiger partial charge < -0.3 is 21.8 Å². The third-order valence-corrected chi connectivity index (χ3v) is 5.19. The van der Waals surface area contributed by atoms with Crippen molar-refractivity contribution in [2.75, 3.05) is 28.2 Å². The summed E-state index contributed by atoms with van der Waals surface area (Å²) >= 11 is 0. The van der Waals surface area contributed by atoms with E-state index in [9.17, 15) is 18.0 Å². The van der Waals surface area contributed by atoms with Crippen LogP contribution in [0.1, 0.15) is 5.56 Å². The first-order valence-electron chi connectivity index (χ1n) is 8.52. The van der Waals surface area contributed by atoms with E-state index in [1.807, 2.05) is 0 Å². The molecule has 0 aliphatic heterocycles. The average Bonchev–Trinajstić information content (AvgIpc) is 2.98. The number of nitrogens with two attached hydrogens (primary N) is 2. The molecule has 29 heavy (non-hydrogen) atoms. The number of nitrogen functional groups attached to an aromatic ring is 1. The topological polar surface area (TPSA) is 164 Å². The number of imidazole rings is 1. The number of hydrogen-bond donors (Lipinski definition) is 4. The highest BCUT2D eigenvalue weighted by atomic mass is 32.2. The number of aromatic nitrogens is 2. The second kappa shape index (κ2) is 7.80. The second-order valence-corrected chi connectivity index (χ2v) is 8.39. The van der Waals surface area contributed by atoms with Gasteiger partial charge in [-0.3, -0.25) is 13.9 Å². The molecule has 152 valence electrons. The van der Waals surface area contributed by atoms with Crippen LogP contribution in [0.3, 0.4) is 0 Å². The van der Waals surface area contributed by atoms with E-state index in [1.54, 1.807) is 30.3 Å². The number of fused-ring (bicyclic) bond motifs is 1. The fourth-order valence-electron chi connectivity index (χ4n) is 2.86. The number of nitrogens with one attached hydrogen (secondary N) is 2. The van der Waals surface area contributed by atoms with Crippen LogP contribution < -0.4 is 21.1 Å². The number of benzene rings is 2. The molecule has 1 aromatic heterocycles. The standard InChI is InChI=1S/C18H20N6O4S/c1-29(27,28)24(10-16(19)25)13-4-2-3-11(7-13)8-17(26)21-12-5-6-14-15(9-12)23-18(20)22-14/h2-7,9H,8,10H2,1H3,(H2,19,25)(H,21,26)(H3,20,22,23). The Kier molecular flexibility index (Phi) is 5.41. The first-order chi connectivity index (χ1) is 13.6. The SMILES string of the molecule is CS(=O)(=O)N(CC(N)=O)c1cccc(CC(=O)Nc2ccc3nc(N)[nH]c3c2)c1. The minimum atomic E-state index is -3.71. The minimum absolute atomic E-state index is 0.00512. The summed E-state index contributed by atoms with van der Waals surface area (Å²) in [4.78, 5) is 30.6. The van der Waals surface area contributed by atoms with E-state index in [2.05, 4.69) is 15.3 Å². The molecule has 0 fully saturated rings. The van der Waals surface area contributed by atoms with Crippen LogP contribution in [0, 0.1) is 0 Å². The van der Waals surface area contributed by atoms with Gasteiger partial charge in [0.1, 0.15) is 6.54 Å². The first-order valence-corrected chi connectivity index (χ1v) is 10.4. The van der Waals surface area contributed by atoms with Crippen molar-refractivity contribution in [1.82, 2.24) is 9.97 Å². The van der Waals surface area contributed by atoms with Gasteiger partial charge >= 0.3 is 0 Å². The van der Waals surface area contributed by atoms with Gasteiger partial charge in [-0.15, -0.1) is 0 Å². The summed E-state index contributed by atoms with van der Waals surface area (Å²) in [5, 5.41) is 2.77. The van der Waals surface area contributed by atoms with Crippen LogP contribution in [0.25, 0.3) is 11.0 Å². The average molecular weight is 416 g/mol. The van der Waals surface area contributed by atoms with Crippen molar-refractivity contribution in [2.24, 2.45) is 5.73 Å². The van der Waals surface area contributed by atoms with Crippen LogP contribution in [0.4, 0.5) is 17.3 Å². The molecule has 10 nitrogen and oxygen atoms in total. The monoisotopic (exact) mass is 416 g/mol. The van der Waals surface area contributed by atoms with E-state index in [4.69, 9.17) is 11.5 Å². The Hall–Kier alpha value is -3.60. The normalized spacial score (nSPS) is 11.3. The maximum atomic E-state index is 12.4. The number of hydrogen-bond acceptors (Lipinski definition) is 6. The summed E-state index contributed by atoms with van der Waals surface area (Å²) in [5.41, 5.74) is 13.5. The van der Waals surface area contributed by atoms with Crippen molar-refractivity contribution in [3.8, 4) is 0 Å². The summed E-state index contributed by atoms with van der Waals surface area (Å²) in [6, 6.07) is 11.5. The molecule has 3 aromatic rings. The van der Waals surface area contributed by atoms with E-state index < -0.39 is 22.5 Å². The molecule has 1 heterocycles. The number of carbonyl (C=O) groups is 2. The minimum Gasteiger partial charge on any atom is -0.369 e. The molecule has 0 saturated carbocycles. The molecule has 0 atom stereocenters. The summed E-state index contributed by atoms with van der Waals surface area (Å²) < 4.78 is 24.8. The molecule has 0 unspecified atom stereocenters. The number of primary amides is 1. The lowest BCUT2D eigenvalue weighted by molar-refractivity contribution is -0.117. The number of rotatable bonds is 7. The zero-order valence-corrected chi connectivity index (χ0v) is 16.4. The number of anilines is 3. The zero-order valence-electron chi connectivity index (χ0n) is 15.5. The summed E-state index contributed by atoms with van der Waals surface area (Å²) in [6.45, 7) is -0.484. The molecule has 2 amide bonds. The third-order valence-electron chi connectivity index (χ3n) is 4.05. The first kappa shape index (κ1) is 20.1. The van der Waals surface area contributed by atoms with Gasteiger partial charge in [-0.05, 0) is 35.9 Å². The van der Waals surface area contributed by atoms with Crippen LogP contribution >= 0.6 is 0 Å². The van der Waals surface area contributed by atoms with Crippen LogP contribution in [-0.4, -0.2) is 43.0 Å². The predicted octanol–water partition coefficient (Wildman–Crippen LogP) is 0.578. The van der Waals surface area contributed by atoms with Crippen molar-refractivity contribution < 1.29 is 18.0 Å². The Bertz CT molecular complexity index is 1190. The van der Waals surface area contributed by atoms with Gasteiger partial charge in [-0.25, -0.2) is 13.4 Å². The number of carbonyl (C=O) groups excluding carboxylic acids is 2. The lowest BCUT2D eigenvalue weighted by Crippen LogP contribution is -2.37. The van der Waals surface area contributed by atoms with E-state index in [0.29, 0.717) is 22.3 Å². The quantitative estimate of drug-likeness (QED) is 0.440. The van der Waals surface area contributed by atoms with E-state index >= 15 is 0 Å². The third kappa shape index (κ3) is 5.02. The molecule has 0 radical (unpaired) electrons. The van der Waals surface area contributed by atoms with E-state index in [0.717, 1.165) is 10.6 Å². The predicted molar refractivity (Wildman–Crippen MR) is 111 cm³/mol. The Balaban J connectivity index is 1.76. The lowest BCUT2D eigenvalue weighted by atomic mass is 10.1. The van der Waals surface area contributed by atoms with E-state index in [-0.39, 0.29) is 24.0 Å². The Morgan fingerprint density at radius 1 is 1.21 bits per heavy atom. The summed E-state index contributed by atoms with van der Waals surface area (Å²) in [5.74, 6) is -0.796. The van der Waals surface area contributed by atoms with Crippen LogP contribution in [0.2, 0.25) is 0 Å². The Morgan fingerprint density at radius 2 is 1.97 bits per heavy atom. The smallest absolute Gasteiger partial charge is 0.238 e. The molecular formula is C18H20N6O4S. The van der Waals surface area contributed by atoms with Crippen molar-refractivity contribution in [3.05, 3.63) is 48.0 Å². The molecular weight excluding hydrogens is 396 g/mol. The van der Waals surface area contributed by atoms with Gasteiger partial charge in [-0.1, -0.05) is 12.1 Å². The second-order valence-electron chi connectivity index (χ2n) is 6.48. The molecule has 0 bridgehead atoms. The van der Waals surface area contributed by atoms with Crippen molar-refractivity contribution in [1.29, 1.82) is 0 Å². The molecule has 2 aromatic carbocycles. The molecule has 0 aliphatic carbocycles. The highest BCUT2D eigenvalue weighted by molar-refractivity contribution is 7.92. The van der Waals surface area contributed by atoms with Gasteiger partial charge in [0.25, 0.3) is 0 Å². The number of H-pyrrole nitrogens is 1. The van der Waals surface area contributed by atoms with Gasteiger partial charge in [0, 0.05) is 5.69 Å². The highest BCUT2D eigenvalue weighted by Gasteiger charge is 2.20. The van der Waals surface area contributed by atoms with Gasteiger partial charge in [0.15, 0.2) is 5.95 Å². The summed E-state index contributed by atoms with van der Waals surface area (Å²) in [6.07, 6.45) is 0.985. The molecule has 3 rings (SSSR count). The molecule has 11 heteroatoms. The van der Waals surface area contributed by atoms with Gasteiger partial charge in [-0.2, -0.15) is 0 Å². The molecule has 0 saturated heterocycles. The molecule has 0 spiro atoms. The molecule has 6 N–H and O–H groups in total. The van der Waals surface area contributed by atoms with Crippen molar-refractivity contribution >= 4 is 50.2 Å². The number of aromatic amines is 1. The fraction of sp³-hybridized carbons (Fsp3) is 0.167. The highest BCUT2D eigenvalue weighted by Crippen LogP contribution is 2.21. The zero-order chi connectivity index (χ0) is 21.2. The van der Waals surface area contributed by atoms with Crippen LogP contribution in [0.5, 0.6) is 0 Å². The van der Waals surface area contributed by atoms with Gasteiger partial charge in [0.2, 0.25) is 21.8 Å². The van der Waals surface area contributed by atoms with Crippen LogP contribution in [0.15, 0.2) is 42.5 Å². The fourth-order valence-corrected chi connectivity index (χ4v) is 3.72. The van der Waals surface area contributed by atoms with Crippen molar-refractivity contribution in [2.45, 2.75) is 6.42 Å². The number of nitrogens with zero attached hydrogens (tertiary/aromatic N) is 2. The number of amides is 2. The summed E-state index contributed by atoms with van der Waals surface area (Å²) in [7, 11) is -3.71. The largest absolute Gasteiger partial charge is 0.369 e. The lowest BCUT2D eigenvalue weighted by Gasteiger charge is -2.21. The van der Waals surface area contributed by atoms with Gasteiger partial charge in [0.05, 0.1) is 29.4 Å². The molecule has 0 aliphatic rings. The maximum absolute atomic E-state index is 12.4. The van der Waals surface area contributed by atoms with Crippen molar-refractivity contribution in [3.63, 3.8) is 0 Å². The Morgan fingerprint density at radius 3 is 2.66 bits per heavy atom.